The van der Waals surface area contributed by atoms with Gasteiger partial charge >= 0.3 is 6.18 Å². The van der Waals surface area contributed by atoms with E-state index in [-0.39, 0.29) is 0 Å². The van der Waals surface area contributed by atoms with Crippen LogP contribution in [0.3, 0.4) is 0 Å². The Balaban J connectivity index is 2.14. The first kappa shape index (κ1) is 13.9. The van der Waals surface area contributed by atoms with Crippen molar-refractivity contribution in [3.63, 3.8) is 0 Å². The van der Waals surface area contributed by atoms with E-state index in [2.05, 4.69) is 5.32 Å². The number of halogens is 3. The standard InChI is InChI=1S/C12H15F3N2O2/c1-11(16,12(13,14)15)10(18)17-8-3-2-4-9-7(8)5-6-19-9/h5-6,8H,2-4,16H2,1H3,(H,17,18). The first-order chi connectivity index (χ1) is 8.73. The van der Waals surface area contributed by atoms with Crippen LogP contribution in [0.5, 0.6) is 0 Å². The molecule has 1 aromatic heterocycles. The van der Waals surface area contributed by atoms with Crippen molar-refractivity contribution in [3.8, 4) is 0 Å². The second-order valence-electron chi connectivity index (χ2n) is 4.92. The molecule has 0 bridgehead atoms. The highest BCUT2D eigenvalue weighted by Gasteiger charge is 2.54. The van der Waals surface area contributed by atoms with Crippen LogP contribution in [0.4, 0.5) is 13.2 Å². The van der Waals surface area contributed by atoms with E-state index in [0.29, 0.717) is 19.1 Å². The van der Waals surface area contributed by atoms with Crippen molar-refractivity contribution in [1.29, 1.82) is 0 Å². The molecule has 2 rings (SSSR count). The van der Waals surface area contributed by atoms with Gasteiger partial charge in [-0.15, -0.1) is 0 Å². The molecule has 0 aromatic carbocycles. The largest absolute Gasteiger partial charge is 0.469 e. The normalized spacial score (nSPS) is 22.5. The van der Waals surface area contributed by atoms with Gasteiger partial charge in [0.1, 0.15) is 5.76 Å². The summed E-state index contributed by atoms with van der Waals surface area (Å²) in [5, 5.41) is 2.36. The average molecular weight is 276 g/mol. The van der Waals surface area contributed by atoms with Crippen molar-refractivity contribution in [2.45, 2.75) is 43.9 Å². The van der Waals surface area contributed by atoms with E-state index in [9.17, 15) is 18.0 Å². The van der Waals surface area contributed by atoms with E-state index in [0.717, 1.165) is 18.4 Å². The Morgan fingerprint density at radius 1 is 1.53 bits per heavy atom. The topological polar surface area (TPSA) is 68.3 Å². The van der Waals surface area contributed by atoms with Gasteiger partial charge in [0, 0.05) is 12.0 Å². The van der Waals surface area contributed by atoms with Crippen molar-refractivity contribution in [2.75, 3.05) is 0 Å². The molecule has 0 radical (unpaired) electrons. The molecule has 1 aromatic rings. The van der Waals surface area contributed by atoms with Gasteiger partial charge in [-0.05, 0) is 25.8 Å². The molecule has 1 heterocycles. The van der Waals surface area contributed by atoms with Crippen molar-refractivity contribution in [3.05, 3.63) is 23.7 Å². The van der Waals surface area contributed by atoms with Crippen LogP contribution in [0.2, 0.25) is 0 Å². The molecule has 3 N–H and O–H groups in total. The molecule has 0 saturated heterocycles. The van der Waals surface area contributed by atoms with Crippen LogP contribution in [0, 0.1) is 0 Å². The van der Waals surface area contributed by atoms with Gasteiger partial charge in [0.2, 0.25) is 5.91 Å². The van der Waals surface area contributed by atoms with Gasteiger partial charge < -0.3 is 15.5 Å². The summed E-state index contributed by atoms with van der Waals surface area (Å²) in [5.41, 5.74) is 2.93. The van der Waals surface area contributed by atoms with Crippen LogP contribution in [0.15, 0.2) is 16.7 Å². The van der Waals surface area contributed by atoms with Crippen molar-refractivity contribution in [1.82, 2.24) is 5.32 Å². The number of nitrogens with one attached hydrogen (secondary N) is 1. The molecule has 1 aliphatic carbocycles. The summed E-state index contributed by atoms with van der Waals surface area (Å²) in [6.45, 7) is 0.668. The molecule has 7 heteroatoms. The third-order valence-corrected chi connectivity index (χ3v) is 3.42. The van der Waals surface area contributed by atoms with Crippen molar-refractivity contribution >= 4 is 5.91 Å². The molecule has 2 unspecified atom stereocenters. The fourth-order valence-electron chi connectivity index (χ4n) is 2.07. The number of furan rings is 1. The molecular formula is C12H15F3N2O2. The van der Waals surface area contributed by atoms with Crippen LogP contribution in [-0.4, -0.2) is 17.6 Å². The minimum Gasteiger partial charge on any atom is -0.469 e. The second-order valence-corrected chi connectivity index (χ2v) is 4.92. The Morgan fingerprint density at radius 2 is 2.21 bits per heavy atom. The summed E-state index contributed by atoms with van der Waals surface area (Å²) >= 11 is 0. The molecule has 1 aliphatic rings. The van der Waals surface area contributed by atoms with E-state index in [1.807, 2.05) is 0 Å². The maximum atomic E-state index is 12.7. The number of amides is 1. The second kappa shape index (κ2) is 4.56. The Hall–Kier alpha value is -1.50. The number of alkyl halides is 3. The highest BCUT2D eigenvalue weighted by molar-refractivity contribution is 5.87. The zero-order valence-electron chi connectivity index (χ0n) is 10.4. The Labute approximate surface area is 108 Å². The minimum atomic E-state index is -4.79. The van der Waals surface area contributed by atoms with Gasteiger partial charge in [0.25, 0.3) is 0 Å². The quantitative estimate of drug-likeness (QED) is 0.868. The first-order valence-corrected chi connectivity index (χ1v) is 5.96. The molecule has 0 saturated carbocycles. The summed E-state index contributed by atoms with van der Waals surface area (Å²) < 4.78 is 43.2. The van der Waals surface area contributed by atoms with Gasteiger partial charge in [-0.2, -0.15) is 13.2 Å². The van der Waals surface area contributed by atoms with Crippen LogP contribution in [0.1, 0.15) is 37.1 Å². The predicted molar refractivity (Wildman–Crippen MR) is 61.2 cm³/mol. The van der Waals surface area contributed by atoms with Gasteiger partial charge in [-0.25, -0.2) is 0 Å². The van der Waals surface area contributed by atoms with Crippen LogP contribution in [0.25, 0.3) is 0 Å². The number of carbonyl (C=O) groups excluding carboxylic acids is 1. The maximum absolute atomic E-state index is 12.7. The number of aryl methyl sites for hydroxylation is 1. The average Bonchev–Trinajstić information content (AvgIpc) is 2.76. The monoisotopic (exact) mass is 276 g/mol. The number of hydrogen-bond donors (Lipinski definition) is 2. The Bertz CT molecular complexity index is 480. The highest BCUT2D eigenvalue weighted by Crippen LogP contribution is 2.33. The summed E-state index contributed by atoms with van der Waals surface area (Å²) in [4.78, 5) is 11.7. The summed E-state index contributed by atoms with van der Waals surface area (Å²) in [6, 6.07) is 1.20. The fourth-order valence-corrected chi connectivity index (χ4v) is 2.07. The molecule has 2 atom stereocenters. The van der Waals surface area contributed by atoms with E-state index in [4.69, 9.17) is 10.2 Å². The Kier molecular flexibility index (Phi) is 3.34. The molecule has 106 valence electrons. The number of rotatable bonds is 2. The van der Waals surface area contributed by atoms with E-state index >= 15 is 0 Å². The minimum absolute atomic E-state index is 0.472. The third kappa shape index (κ3) is 2.47. The number of hydrogen-bond acceptors (Lipinski definition) is 3. The molecule has 0 fully saturated rings. The lowest BCUT2D eigenvalue weighted by Gasteiger charge is -2.30. The van der Waals surface area contributed by atoms with Gasteiger partial charge in [0.15, 0.2) is 5.54 Å². The molecule has 4 nitrogen and oxygen atoms in total. The lowest BCUT2D eigenvalue weighted by molar-refractivity contribution is -0.187. The number of fused-ring (bicyclic) bond motifs is 1. The third-order valence-electron chi connectivity index (χ3n) is 3.42. The zero-order valence-corrected chi connectivity index (χ0v) is 10.4. The predicted octanol–water partition coefficient (Wildman–Crippen LogP) is 2.05. The van der Waals surface area contributed by atoms with Crippen molar-refractivity contribution in [2.24, 2.45) is 5.73 Å². The first-order valence-electron chi connectivity index (χ1n) is 5.96. The van der Waals surface area contributed by atoms with Gasteiger partial charge in [0.05, 0.1) is 12.3 Å². The van der Waals surface area contributed by atoms with Crippen LogP contribution < -0.4 is 11.1 Å². The fraction of sp³-hybridized carbons (Fsp3) is 0.583. The highest BCUT2D eigenvalue weighted by atomic mass is 19.4. The summed E-state index contributed by atoms with van der Waals surface area (Å²) in [7, 11) is 0. The lowest BCUT2D eigenvalue weighted by Crippen LogP contribution is -2.61. The van der Waals surface area contributed by atoms with E-state index in [1.54, 1.807) is 6.07 Å². The molecule has 19 heavy (non-hydrogen) atoms. The van der Waals surface area contributed by atoms with Gasteiger partial charge in [-0.1, -0.05) is 0 Å². The summed E-state index contributed by atoms with van der Waals surface area (Å²) in [6.07, 6.45) is -1.26. The number of carbonyl (C=O) groups is 1. The SMILES string of the molecule is CC(N)(C(=O)NC1CCCc2occc21)C(F)(F)F. The zero-order chi connectivity index (χ0) is 14.3. The Morgan fingerprint density at radius 3 is 2.84 bits per heavy atom. The van der Waals surface area contributed by atoms with E-state index in [1.165, 1.54) is 6.26 Å². The maximum Gasteiger partial charge on any atom is 0.415 e. The van der Waals surface area contributed by atoms with Crippen LogP contribution in [-0.2, 0) is 11.2 Å². The molecule has 0 spiro atoms. The lowest BCUT2D eigenvalue weighted by atomic mass is 9.92. The van der Waals surface area contributed by atoms with Gasteiger partial charge in [-0.3, -0.25) is 4.79 Å². The summed E-state index contributed by atoms with van der Waals surface area (Å²) in [5.74, 6) is -0.513. The van der Waals surface area contributed by atoms with Crippen molar-refractivity contribution < 1.29 is 22.4 Å². The van der Waals surface area contributed by atoms with E-state index < -0.39 is 23.7 Å². The molecule has 1 amide bonds. The number of nitrogens with two attached hydrogens (primary N) is 1. The van der Waals surface area contributed by atoms with Crippen LogP contribution >= 0.6 is 0 Å². The molecular weight excluding hydrogens is 261 g/mol. The molecule has 0 aliphatic heterocycles. The smallest absolute Gasteiger partial charge is 0.415 e.